The van der Waals surface area contributed by atoms with Crippen LogP contribution in [0.5, 0.6) is 5.75 Å². The van der Waals surface area contributed by atoms with Crippen molar-refractivity contribution in [1.82, 2.24) is 10.2 Å². The number of benzene rings is 3. The highest BCUT2D eigenvalue weighted by Gasteiger charge is 2.12. The highest BCUT2D eigenvalue weighted by atomic mass is 32.2. The number of ether oxygens (including phenoxy) is 1. The zero-order valence-corrected chi connectivity index (χ0v) is 17.8. The molecule has 1 heterocycles. The van der Waals surface area contributed by atoms with Crippen molar-refractivity contribution in [3.8, 4) is 5.75 Å². The van der Waals surface area contributed by atoms with Crippen molar-refractivity contribution in [3.63, 3.8) is 0 Å². The number of anilines is 2. The molecular formula is C22H19N5O4S. The van der Waals surface area contributed by atoms with Crippen molar-refractivity contribution in [1.29, 1.82) is 0 Å². The summed E-state index contributed by atoms with van der Waals surface area (Å²) >= 11 is 1.54. The number of hydrogen-bond donors (Lipinski definition) is 3. The van der Waals surface area contributed by atoms with E-state index in [0.717, 1.165) is 16.0 Å². The fourth-order valence-corrected chi connectivity index (χ4v) is 3.62. The Morgan fingerprint density at radius 1 is 1.12 bits per heavy atom. The molecule has 4 rings (SSSR count). The van der Waals surface area contributed by atoms with Gasteiger partial charge in [0, 0.05) is 22.4 Å². The monoisotopic (exact) mass is 449 g/mol. The number of nitro benzene ring substituents is 1. The Balaban J connectivity index is 1.45. The van der Waals surface area contributed by atoms with Gasteiger partial charge < -0.3 is 10.1 Å². The van der Waals surface area contributed by atoms with Gasteiger partial charge >= 0.3 is 6.03 Å². The lowest BCUT2D eigenvalue weighted by molar-refractivity contribution is -0.384. The molecule has 2 amide bonds. The van der Waals surface area contributed by atoms with Crippen molar-refractivity contribution >= 4 is 45.9 Å². The number of nitrogens with one attached hydrogen (secondary N) is 3. The molecule has 3 aromatic carbocycles. The molecule has 9 nitrogen and oxygen atoms in total. The molecule has 10 heteroatoms. The van der Waals surface area contributed by atoms with E-state index in [4.69, 9.17) is 4.74 Å². The number of nitrogens with zero attached hydrogens (tertiary/aromatic N) is 2. The van der Waals surface area contributed by atoms with Crippen LogP contribution in [0.15, 0.2) is 71.6 Å². The van der Waals surface area contributed by atoms with E-state index in [0.29, 0.717) is 22.6 Å². The molecule has 32 heavy (non-hydrogen) atoms. The summed E-state index contributed by atoms with van der Waals surface area (Å²) in [4.78, 5) is 23.8. The zero-order chi connectivity index (χ0) is 22.5. The first-order valence-electron chi connectivity index (χ1n) is 9.59. The minimum atomic E-state index is -0.443. The summed E-state index contributed by atoms with van der Waals surface area (Å²) in [5.74, 6) is 0.952. The van der Waals surface area contributed by atoms with E-state index < -0.39 is 11.0 Å². The lowest BCUT2D eigenvalue weighted by Gasteiger charge is -2.10. The number of nitro groups is 1. The van der Waals surface area contributed by atoms with Crippen LogP contribution >= 0.6 is 11.8 Å². The predicted octanol–water partition coefficient (Wildman–Crippen LogP) is 5.42. The van der Waals surface area contributed by atoms with Crippen molar-refractivity contribution in [2.45, 2.75) is 11.5 Å². The quantitative estimate of drug-likeness (QED) is 0.197. The summed E-state index contributed by atoms with van der Waals surface area (Å²) in [5, 5.41) is 24.1. The van der Waals surface area contributed by atoms with Gasteiger partial charge in [0.1, 0.15) is 12.4 Å². The average Bonchev–Trinajstić information content (AvgIpc) is 3.20. The number of aromatic nitrogens is 2. The maximum Gasteiger partial charge on any atom is 0.324 e. The summed E-state index contributed by atoms with van der Waals surface area (Å²) in [6, 6.07) is 18.7. The fourth-order valence-electron chi connectivity index (χ4n) is 3.07. The van der Waals surface area contributed by atoms with Crippen LogP contribution < -0.4 is 15.4 Å². The Morgan fingerprint density at radius 2 is 1.91 bits per heavy atom. The van der Waals surface area contributed by atoms with Crippen LogP contribution in [0.3, 0.4) is 0 Å². The third-order valence-corrected chi connectivity index (χ3v) is 5.47. The molecule has 0 atom stereocenters. The Bertz CT molecular complexity index is 1270. The molecule has 0 fully saturated rings. The second-order valence-electron chi connectivity index (χ2n) is 6.77. The van der Waals surface area contributed by atoms with Gasteiger partial charge in [-0.25, -0.2) is 4.79 Å². The van der Waals surface area contributed by atoms with E-state index in [2.05, 4.69) is 20.8 Å². The smallest absolute Gasteiger partial charge is 0.324 e. The number of para-hydroxylation sites is 1. The minimum absolute atomic E-state index is 0.0303. The van der Waals surface area contributed by atoms with Crippen molar-refractivity contribution in [2.75, 3.05) is 16.9 Å². The van der Waals surface area contributed by atoms with Gasteiger partial charge in [0.15, 0.2) is 5.82 Å². The number of aromatic amines is 1. The van der Waals surface area contributed by atoms with Gasteiger partial charge in [-0.3, -0.25) is 20.5 Å². The molecule has 1 aromatic heterocycles. The van der Waals surface area contributed by atoms with Gasteiger partial charge in [-0.05, 0) is 54.3 Å². The van der Waals surface area contributed by atoms with Crippen molar-refractivity contribution in [3.05, 3.63) is 82.4 Å². The third-order valence-electron chi connectivity index (χ3n) is 4.67. The number of fused-ring (bicyclic) bond motifs is 1. The fraction of sp³-hybridized carbons (Fsp3) is 0.0909. The van der Waals surface area contributed by atoms with Gasteiger partial charge in [-0.1, -0.05) is 12.1 Å². The molecule has 0 aliphatic rings. The number of amides is 2. The molecule has 0 aliphatic heterocycles. The molecule has 0 saturated heterocycles. The number of urea groups is 1. The number of carbonyl (C=O) groups is 1. The molecule has 162 valence electrons. The first-order chi connectivity index (χ1) is 15.5. The Hall–Kier alpha value is -4.05. The summed E-state index contributed by atoms with van der Waals surface area (Å²) in [7, 11) is 0. The topological polar surface area (TPSA) is 122 Å². The zero-order valence-electron chi connectivity index (χ0n) is 17.0. The number of carbonyl (C=O) groups excluding carboxylic acids is 1. The van der Waals surface area contributed by atoms with Crippen LogP contribution in [0.4, 0.5) is 22.0 Å². The SMILES string of the molecule is CSc1ccccc1NC(=O)Nc1n[nH]c2ccc(OCc3ccc([N+](=O)[O-])cc3)cc12. The van der Waals surface area contributed by atoms with E-state index in [1.807, 2.05) is 30.5 Å². The lowest BCUT2D eigenvalue weighted by atomic mass is 10.2. The normalized spacial score (nSPS) is 10.7. The first-order valence-corrected chi connectivity index (χ1v) is 10.8. The van der Waals surface area contributed by atoms with E-state index in [1.165, 1.54) is 12.1 Å². The number of rotatable bonds is 7. The van der Waals surface area contributed by atoms with E-state index in [-0.39, 0.29) is 12.3 Å². The maximum absolute atomic E-state index is 12.5. The molecule has 0 aliphatic carbocycles. The molecular weight excluding hydrogens is 430 g/mol. The highest BCUT2D eigenvalue weighted by molar-refractivity contribution is 7.98. The molecule has 3 N–H and O–H groups in total. The molecule has 0 spiro atoms. The van der Waals surface area contributed by atoms with E-state index in [1.54, 1.807) is 42.1 Å². The van der Waals surface area contributed by atoms with Gasteiger partial charge in [0.2, 0.25) is 0 Å². The number of H-pyrrole nitrogens is 1. The van der Waals surface area contributed by atoms with Crippen LogP contribution in [0.2, 0.25) is 0 Å². The first kappa shape index (κ1) is 21.2. The summed E-state index contributed by atoms with van der Waals surface area (Å²) in [5.41, 5.74) is 2.28. The van der Waals surface area contributed by atoms with Gasteiger partial charge in [-0.2, -0.15) is 5.10 Å². The molecule has 0 unspecified atom stereocenters. The number of hydrogen-bond acceptors (Lipinski definition) is 6. The summed E-state index contributed by atoms with van der Waals surface area (Å²) < 4.78 is 5.81. The molecule has 4 aromatic rings. The summed E-state index contributed by atoms with van der Waals surface area (Å²) in [6.45, 7) is 0.246. The minimum Gasteiger partial charge on any atom is -0.489 e. The Kier molecular flexibility index (Phi) is 6.22. The van der Waals surface area contributed by atoms with Crippen LogP contribution in [0.25, 0.3) is 10.9 Å². The standard InChI is InChI=1S/C22H19N5O4S/c1-32-20-5-3-2-4-19(20)23-22(28)24-21-17-12-16(10-11-18(17)25-26-21)31-13-14-6-8-15(9-7-14)27(29)30/h2-12H,13H2,1H3,(H3,23,24,25,26,28). The number of non-ortho nitro benzene ring substituents is 1. The Morgan fingerprint density at radius 3 is 2.66 bits per heavy atom. The average molecular weight is 449 g/mol. The van der Waals surface area contributed by atoms with E-state index >= 15 is 0 Å². The predicted molar refractivity (Wildman–Crippen MR) is 124 cm³/mol. The maximum atomic E-state index is 12.5. The van der Waals surface area contributed by atoms with Crippen molar-refractivity contribution in [2.24, 2.45) is 0 Å². The highest BCUT2D eigenvalue weighted by Crippen LogP contribution is 2.27. The van der Waals surface area contributed by atoms with Gasteiger partial charge in [0.05, 0.1) is 16.1 Å². The van der Waals surface area contributed by atoms with Crippen molar-refractivity contribution < 1.29 is 14.5 Å². The van der Waals surface area contributed by atoms with Crippen LogP contribution in [-0.4, -0.2) is 27.4 Å². The van der Waals surface area contributed by atoms with Gasteiger partial charge in [-0.15, -0.1) is 11.8 Å². The third kappa shape index (κ3) is 4.81. The van der Waals surface area contributed by atoms with Gasteiger partial charge in [0.25, 0.3) is 5.69 Å². The Labute approximate surface area is 187 Å². The molecule has 0 bridgehead atoms. The lowest BCUT2D eigenvalue weighted by Crippen LogP contribution is -2.20. The largest absolute Gasteiger partial charge is 0.489 e. The van der Waals surface area contributed by atoms with Crippen LogP contribution in [0.1, 0.15) is 5.56 Å². The molecule has 0 radical (unpaired) electrons. The number of thioether (sulfide) groups is 1. The summed E-state index contributed by atoms with van der Waals surface area (Å²) in [6.07, 6.45) is 1.94. The molecule has 0 saturated carbocycles. The van der Waals surface area contributed by atoms with Crippen LogP contribution in [-0.2, 0) is 6.61 Å². The van der Waals surface area contributed by atoms with E-state index in [9.17, 15) is 14.9 Å². The van der Waals surface area contributed by atoms with Crippen LogP contribution in [0, 0.1) is 10.1 Å². The second kappa shape index (κ2) is 9.40. The second-order valence-corrected chi connectivity index (χ2v) is 7.62.